The summed E-state index contributed by atoms with van der Waals surface area (Å²) in [4.78, 5) is 0.0900. The van der Waals surface area contributed by atoms with Gasteiger partial charge in [0.2, 0.25) is 10.0 Å². The molecule has 2 rings (SSSR count). The van der Waals surface area contributed by atoms with Gasteiger partial charge >= 0.3 is 0 Å². The minimum Gasteiger partial charge on any atom is -0.316 e. The van der Waals surface area contributed by atoms with Gasteiger partial charge < -0.3 is 5.32 Å². The lowest BCUT2D eigenvalue weighted by atomic mass is 9.97. The van der Waals surface area contributed by atoms with Crippen molar-refractivity contribution in [3.8, 4) is 6.07 Å². The third-order valence-electron chi connectivity index (χ3n) is 3.46. The smallest absolute Gasteiger partial charge is 0.240 e. The largest absolute Gasteiger partial charge is 0.316 e. The van der Waals surface area contributed by atoms with Crippen molar-refractivity contribution in [2.24, 2.45) is 5.92 Å². The minimum absolute atomic E-state index is 0.0873. The molecule has 1 aliphatic heterocycles. The number of nitriles is 1. The Labute approximate surface area is 124 Å². The molecule has 0 aromatic heterocycles. The lowest BCUT2D eigenvalue weighted by Gasteiger charge is -2.29. The van der Waals surface area contributed by atoms with Gasteiger partial charge in [-0.3, -0.25) is 0 Å². The van der Waals surface area contributed by atoms with Crippen LogP contribution < -0.4 is 10.0 Å². The van der Waals surface area contributed by atoms with Crippen molar-refractivity contribution in [3.63, 3.8) is 0 Å². The summed E-state index contributed by atoms with van der Waals surface area (Å²) in [6, 6.07) is 5.95. The first-order valence-electron chi connectivity index (χ1n) is 6.37. The summed E-state index contributed by atoms with van der Waals surface area (Å²) >= 11 is 5.88. The number of hydrogen-bond acceptors (Lipinski definition) is 4. The highest BCUT2D eigenvalue weighted by Gasteiger charge is 2.26. The molecule has 0 radical (unpaired) electrons. The second kappa shape index (κ2) is 6.10. The molecule has 1 aromatic rings. The summed E-state index contributed by atoms with van der Waals surface area (Å²) in [6.07, 6.45) is 0.754. The zero-order chi connectivity index (χ0) is 14.8. The summed E-state index contributed by atoms with van der Waals surface area (Å²) in [6.45, 7) is 3.60. The molecule has 0 aliphatic carbocycles. The Kier molecular flexibility index (Phi) is 4.66. The van der Waals surface area contributed by atoms with E-state index >= 15 is 0 Å². The second-order valence-corrected chi connectivity index (χ2v) is 7.07. The molecule has 2 unspecified atom stereocenters. The number of piperidine rings is 1. The lowest BCUT2D eigenvalue weighted by Crippen LogP contribution is -2.48. The summed E-state index contributed by atoms with van der Waals surface area (Å²) in [5.41, 5.74) is 0.265. The predicted molar refractivity (Wildman–Crippen MR) is 76.9 cm³/mol. The maximum atomic E-state index is 12.3. The van der Waals surface area contributed by atoms with Gasteiger partial charge in [-0.1, -0.05) is 18.5 Å². The van der Waals surface area contributed by atoms with Gasteiger partial charge in [-0.2, -0.15) is 5.26 Å². The molecule has 5 nitrogen and oxygen atoms in total. The van der Waals surface area contributed by atoms with Crippen LogP contribution in [0.25, 0.3) is 0 Å². The number of hydrogen-bond donors (Lipinski definition) is 2. The molecule has 7 heteroatoms. The first-order chi connectivity index (χ1) is 9.44. The molecule has 1 aromatic carbocycles. The normalized spacial score (nSPS) is 23.2. The summed E-state index contributed by atoms with van der Waals surface area (Å²) < 4.78 is 27.4. The van der Waals surface area contributed by atoms with E-state index in [4.69, 9.17) is 16.9 Å². The number of nitrogens with one attached hydrogen (secondary N) is 2. The Morgan fingerprint density at radius 2 is 2.25 bits per heavy atom. The van der Waals surface area contributed by atoms with E-state index in [1.807, 2.05) is 13.0 Å². The minimum atomic E-state index is -3.61. The molecule has 108 valence electrons. The van der Waals surface area contributed by atoms with E-state index in [1.54, 1.807) is 0 Å². The third kappa shape index (κ3) is 3.30. The zero-order valence-corrected chi connectivity index (χ0v) is 12.6. The summed E-state index contributed by atoms with van der Waals surface area (Å²) in [5, 5.41) is 12.2. The molecule has 0 saturated carbocycles. The van der Waals surface area contributed by atoms with Gasteiger partial charge in [-0.05, 0) is 43.6 Å². The van der Waals surface area contributed by atoms with E-state index in [9.17, 15) is 8.42 Å². The Hall–Kier alpha value is -1.13. The second-order valence-electron chi connectivity index (χ2n) is 4.95. The molecular formula is C13H16ClN3O2S. The molecule has 1 fully saturated rings. The maximum Gasteiger partial charge on any atom is 0.240 e. The fourth-order valence-electron chi connectivity index (χ4n) is 2.21. The SMILES string of the molecule is CC1CNCCC1NS(=O)(=O)c1ccc(C#N)c(Cl)c1. The number of benzene rings is 1. The van der Waals surface area contributed by atoms with Crippen molar-refractivity contribution < 1.29 is 8.42 Å². The van der Waals surface area contributed by atoms with E-state index in [0.717, 1.165) is 19.5 Å². The van der Waals surface area contributed by atoms with Crippen LogP contribution in [0.4, 0.5) is 0 Å². The molecule has 0 amide bonds. The maximum absolute atomic E-state index is 12.3. The van der Waals surface area contributed by atoms with Crippen molar-refractivity contribution in [2.75, 3.05) is 13.1 Å². The van der Waals surface area contributed by atoms with Crippen LogP contribution in [-0.4, -0.2) is 27.5 Å². The number of sulfonamides is 1. The van der Waals surface area contributed by atoms with Crippen molar-refractivity contribution >= 4 is 21.6 Å². The van der Waals surface area contributed by atoms with Crippen LogP contribution in [0.1, 0.15) is 18.9 Å². The fraction of sp³-hybridized carbons (Fsp3) is 0.462. The topological polar surface area (TPSA) is 82.0 Å². The van der Waals surface area contributed by atoms with Crippen LogP contribution in [-0.2, 0) is 10.0 Å². The highest BCUT2D eigenvalue weighted by molar-refractivity contribution is 7.89. The molecular weight excluding hydrogens is 298 g/mol. The number of nitrogens with zero attached hydrogens (tertiary/aromatic N) is 1. The molecule has 0 spiro atoms. The molecule has 1 heterocycles. The quantitative estimate of drug-likeness (QED) is 0.885. The average molecular weight is 314 g/mol. The van der Waals surface area contributed by atoms with Gasteiger partial charge in [-0.25, -0.2) is 13.1 Å². The van der Waals surface area contributed by atoms with Crippen LogP contribution in [0.5, 0.6) is 0 Å². The van der Waals surface area contributed by atoms with Gasteiger partial charge in [-0.15, -0.1) is 0 Å². The van der Waals surface area contributed by atoms with Gasteiger partial charge in [0.15, 0.2) is 0 Å². The zero-order valence-electron chi connectivity index (χ0n) is 11.1. The monoisotopic (exact) mass is 313 g/mol. The first-order valence-corrected chi connectivity index (χ1v) is 8.23. The first kappa shape index (κ1) is 15.3. The number of halogens is 1. The molecule has 2 atom stereocenters. The van der Waals surface area contributed by atoms with Gasteiger partial charge in [0.1, 0.15) is 6.07 Å². The molecule has 2 N–H and O–H groups in total. The van der Waals surface area contributed by atoms with Crippen molar-refractivity contribution in [2.45, 2.75) is 24.3 Å². The van der Waals surface area contributed by atoms with Crippen molar-refractivity contribution in [1.82, 2.24) is 10.0 Å². The van der Waals surface area contributed by atoms with Crippen molar-refractivity contribution in [1.29, 1.82) is 5.26 Å². The van der Waals surface area contributed by atoms with Crippen LogP contribution in [0.15, 0.2) is 23.1 Å². The Bertz CT molecular complexity index is 640. The van der Waals surface area contributed by atoms with Crippen molar-refractivity contribution in [3.05, 3.63) is 28.8 Å². The standard InChI is InChI=1S/C13H16ClN3O2S/c1-9-8-16-5-4-13(9)17-20(18,19)11-3-2-10(7-15)12(14)6-11/h2-3,6,9,13,16-17H,4-5,8H2,1H3. The predicted octanol–water partition coefficient (Wildman–Crippen LogP) is 1.49. The lowest BCUT2D eigenvalue weighted by molar-refractivity contribution is 0.328. The highest BCUT2D eigenvalue weighted by Crippen LogP contribution is 2.21. The summed E-state index contributed by atoms with van der Waals surface area (Å²) in [7, 11) is -3.61. The van der Waals surface area contributed by atoms with E-state index in [1.165, 1.54) is 18.2 Å². The Morgan fingerprint density at radius 1 is 1.50 bits per heavy atom. The van der Waals surface area contributed by atoms with E-state index < -0.39 is 10.0 Å². The van der Waals surface area contributed by atoms with Crippen LogP contribution in [0.2, 0.25) is 5.02 Å². The van der Waals surface area contributed by atoms with E-state index in [2.05, 4.69) is 10.0 Å². The summed E-state index contributed by atoms with van der Waals surface area (Å²) in [5.74, 6) is 0.229. The average Bonchev–Trinajstić information content (AvgIpc) is 2.41. The van der Waals surface area contributed by atoms with E-state index in [-0.39, 0.29) is 27.4 Å². The van der Waals surface area contributed by atoms with Gasteiger partial charge in [0.25, 0.3) is 0 Å². The van der Waals surface area contributed by atoms with Crippen LogP contribution in [0, 0.1) is 17.2 Å². The molecule has 1 saturated heterocycles. The fourth-order valence-corrected chi connectivity index (χ4v) is 3.90. The van der Waals surface area contributed by atoms with Gasteiger partial charge in [0.05, 0.1) is 15.5 Å². The number of rotatable bonds is 3. The van der Waals surface area contributed by atoms with Gasteiger partial charge in [0, 0.05) is 6.04 Å². The van der Waals surface area contributed by atoms with Crippen LogP contribution in [0.3, 0.4) is 0 Å². The Morgan fingerprint density at radius 3 is 2.85 bits per heavy atom. The van der Waals surface area contributed by atoms with E-state index in [0.29, 0.717) is 0 Å². The molecule has 0 bridgehead atoms. The van der Waals surface area contributed by atoms with Crippen LogP contribution >= 0.6 is 11.6 Å². The molecule has 1 aliphatic rings. The Balaban J connectivity index is 2.22. The highest BCUT2D eigenvalue weighted by atomic mass is 35.5. The third-order valence-corrected chi connectivity index (χ3v) is 5.26. The molecule has 20 heavy (non-hydrogen) atoms.